The monoisotopic (exact) mass is 284 g/mol. The number of nitrogens with zero attached hydrogens (tertiary/aromatic N) is 2. The number of ether oxygens (including phenoxy) is 1. The topological polar surface area (TPSA) is 32.8 Å². The minimum absolute atomic E-state index is 0.348. The van der Waals surface area contributed by atoms with Gasteiger partial charge in [-0.2, -0.15) is 0 Å². The molecule has 1 aliphatic heterocycles. The van der Waals surface area contributed by atoms with E-state index in [0.717, 1.165) is 65.0 Å². The third kappa shape index (κ3) is 7.25. The lowest BCUT2D eigenvalue weighted by molar-refractivity contribution is -0.133. The summed E-state index contributed by atoms with van der Waals surface area (Å²) < 4.78 is 5.02. The molecule has 0 saturated carbocycles. The van der Waals surface area contributed by atoms with Crippen LogP contribution in [0.15, 0.2) is 0 Å². The maximum Gasteiger partial charge on any atom is 0.222 e. The van der Waals surface area contributed by atoms with Gasteiger partial charge in [-0.3, -0.25) is 9.69 Å². The standard InChI is InChI=1S/C16H32N2O2/c1-15(2)14-17-9-11-18(12-10-17)16(19)8-6-4-5-7-13-20-3/h15H,4-14H2,1-3H3. The highest BCUT2D eigenvalue weighted by Crippen LogP contribution is 2.09. The fourth-order valence-electron chi connectivity index (χ4n) is 2.73. The zero-order valence-electron chi connectivity index (χ0n) is 13.6. The third-order valence-corrected chi connectivity index (χ3v) is 3.84. The van der Waals surface area contributed by atoms with Crippen molar-refractivity contribution < 1.29 is 9.53 Å². The number of methoxy groups -OCH3 is 1. The molecule has 20 heavy (non-hydrogen) atoms. The highest BCUT2D eigenvalue weighted by atomic mass is 16.5. The molecule has 0 unspecified atom stereocenters. The number of hydrogen-bond donors (Lipinski definition) is 0. The molecule has 0 atom stereocenters. The first kappa shape index (κ1) is 17.4. The van der Waals surface area contributed by atoms with Gasteiger partial charge in [0.25, 0.3) is 0 Å². The Kier molecular flexibility index (Phi) is 8.86. The normalized spacial score (nSPS) is 16.9. The van der Waals surface area contributed by atoms with Crippen molar-refractivity contribution in [2.45, 2.75) is 46.0 Å². The Morgan fingerprint density at radius 1 is 1.05 bits per heavy atom. The number of carbonyl (C=O) groups excluding carboxylic acids is 1. The van der Waals surface area contributed by atoms with E-state index in [1.807, 2.05) is 4.90 Å². The van der Waals surface area contributed by atoms with Crippen LogP contribution >= 0.6 is 0 Å². The molecule has 1 amide bonds. The maximum atomic E-state index is 12.1. The molecule has 4 nitrogen and oxygen atoms in total. The van der Waals surface area contributed by atoms with Gasteiger partial charge in [-0.1, -0.05) is 26.7 Å². The van der Waals surface area contributed by atoms with E-state index in [9.17, 15) is 4.79 Å². The summed E-state index contributed by atoms with van der Waals surface area (Å²) in [6, 6.07) is 0. The van der Waals surface area contributed by atoms with Crippen LogP contribution in [0, 0.1) is 5.92 Å². The first-order chi connectivity index (χ1) is 9.63. The van der Waals surface area contributed by atoms with Gasteiger partial charge in [-0.25, -0.2) is 0 Å². The van der Waals surface area contributed by atoms with E-state index in [4.69, 9.17) is 4.74 Å². The highest BCUT2D eigenvalue weighted by Gasteiger charge is 2.20. The molecule has 1 rings (SSSR count). The van der Waals surface area contributed by atoms with E-state index in [1.54, 1.807) is 7.11 Å². The molecule has 1 saturated heterocycles. The lowest BCUT2D eigenvalue weighted by Gasteiger charge is -2.35. The van der Waals surface area contributed by atoms with Crippen LogP contribution in [-0.2, 0) is 9.53 Å². The molecular weight excluding hydrogens is 252 g/mol. The number of unbranched alkanes of at least 4 members (excludes halogenated alkanes) is 3. The van der Waals surface area contributed by atoms with Crippen LogP contribution in [0.2, 0.25) is 0 Å². The highest BCUT2D eigenvalue weighted by molar-refractivity contribution is 5.76. The van der Waals surface area contributed by atoms with Gasteiger partial charge in [0.1, 0.15) is 0 Å². The summed E-state index contributed by atoms with van der Waals surface area (Å²) in [5.41, 5.74) is 0. The fraction of sp³-hybridized carbons (Fsp3) is 0.938. The van der Waals surface area contributed by atoms with E-state index in [2.05, 4.69) is 18.7 Å². The van der Waals surface area contributed by atoms with Gasteiger partial charge in [-0.05, 0) is 18.8 Å². The number of carbonyl (C=O) groups is 1. The van der Waals surface area contributed by atoms with Gasteiger partial charge in [0.2, 0.25) is 5.91 Å². The SMILES string of the molecule is COCCCCCCC(=O)N1CCN(CC(C)C)CC1. The second-order valence-corrected chi connectivity index (χ2v) is 6.23. The second kappa shape index (κ2) is 10.2. The van der Waals surface area contributed by atoms with Gasteiger partial charge in [-0.15, -0.1) is 0 Å². The van der Waals surface area contributed by atoms with E-state index in [1.165, 1.54) is 6.42 Å². The van der Waals surface area contributed by atoms with E-state index < -0.39 is 0 Å². The third-order valence-electron chi connectivity index (χ3n) is 3.84. The van der Waals surface area contributed by atoms with Crippen molar-refractivity contribution in [3.05, 3.63) is 0 Å². The van der Waals surface area contributed by atoms with Crippen LogP contribution in [0.25, 0.3) is 0 Å². The number of rotatable bonds is 9. The van der Waals surface area contributed by atoms with Crippen molar-refractivity contribution in [1.29, 1.82) is 0 Å². The van der Waals surface area contributed by atoms with Gasteiger partial charge in [0.15, 0.2) is 0 Å². The lowest BCUT2D eigenvalue weighted by atomic mass is 10.1. The predicted molar refractivity (Wildman–Crippen MR) is 82.8 cm³/mol. The molecule has 1 heterocycles. The molecule has 0 aromatic rings. The zero-order valence-corrected chi connectivity index (χ0v) is 13.6. The molecule has 0 aromatic heterocycles. The Labute approximate surface area is 124 Å². The van der Waals surface area contributed by atoms with Crippen molar-refractivity contribution in [2.75, 3.05) is 46.4 Å². The lowest BCUT2D eigenvalue weighted by Crippen LogP contribution is -2.49. The van der Waals surface area contributed by atoms with Crippen LogP contribution in [0.4, 0.5) is 0 Å². The van der Waals surface area contributed by atoms with Gasteiger partial charge in [0, 0.05) is 52.9 Å². The first-order valence-corrected chi connectivity index (χ1v) is 8.12. The van der Waals surface area contributed by atoms with Gasteiger partial charge in [0.05, 0.1) is 0 Å². The molecule has 0 spiro atoms. The summed E-state index contributed by atoms with van der Waals surface area (Å²) in [6.45, 7) is 10.4. The smallest absolute Gasteiger partial charge is 0.222 e. The first-order valence-electron chi connectivity index (χ1n) is 8.12. The quantitative estimate of drug-likeness (QED) is 0.609. The molecule has 0 aromatic carbocycles. The molecule has 1 fully saturated rings. The van der Waals surface area contributed by atoms with Gasteiger partial charge < -0.3 is 9.64 Å². The molecule has 0 bridgehead atoms. The second-order valence-electron chi connectivity index (χ2n) is 6.23. The Hall–Kier alpha value is -0.610. The Morgan fingerprint density at radius 3 is 2.30 bits per heavy atom. The van der Waals surface area contributed by atoms with Gasteiger partial charge >= 0.3 is 0 Å². The zero-order chi connectivity index (χ0) is 14.8. The summed E-state index contributed by atoms with van der Waals surface area (Å²) in [5, 5.41) is 0. The summed E-state index contributed by atoms with van der Waals surface area (Å²) >= 11 is 0. The summed E-state index contributed by atoms with van der Waals surface area (Å²) in [4.78, 5) is 16.6. The van der Waals surface area contributed by atoms with Crippen molar-refractivity contribution in [3.63, 3.8) is 0 Å². The molecule has 118 valence electrons. The van der Waals surface area contributed by atoms with Crippen molar-refractivity contribution in [2.24, 2.45) is 5.92 Å². The Bertz CT molecular complexity index is 261. The van der Waals surface area contributed by atoms with Crippen LogP contribution in [-0.4, -0.2) is 62.1 Å². The minimum atomic E-state index is 0.348. The maximum absolute atomic E-state index is 12.1. The number of piperazine rings is 1. The predicted octanol–water partition coefficient (Wildman–Crippen LogP) is 2.38. The average molecular weight is 284 g/mol. The molecule has 0 radical (unpaired) electrons. The van der Waals surface area contributed by atoms with Crippen molar-refractivity contribution >= 4 is 5.91 Å². The van der Waals surface area contributed by atoms with E-state index >= 15 is 0 Å². The Morgan fingerprint density at radius 2 is 1.70 bits per heavy atom. The molecule has 4 heteroatoms. The molecular formula is C16H32N2O2. The largest absolute Gasteiger partial charge is 0.385 e. The molecule has 0 aliphatic carbocycles. The summed E-state index contributed by atoms with van der Waals surface area (Å²) in [6.07, 6.45) is 5.16. The number of hydrogen-bond acceptors (Lipinski definition) is 3. The molecule has 1 aliphatic rings. The summed E-state index contributed by atoms with van der Waals surface area (Å²) in [7, 11) is 1.74. The molecule has 0 N–H and O–H groups in total. The summed E-state index contributed by atoms with van der Waals surface area (Å²) in [5.74, 6) is 1.06. The average Bonchev–Trinajstić information content (AvgIpc) is 2.42. The van der Waals surface area contributed by atoms with Crippen LogP contribution in [0.5, 0.6) is 0 Å². The van der Waals surface area contributed by atoms with Crippen LogP contribution in [0.1, 0.15) is 46.0 Å². The van der Waals surface area contributed by atoms with Crippen molar-refractivity contribution in [1.82, 2.24) is 9.80 Å². The van der Waals surface area contributed by atoms with Crippen LogP contribution in [0.3, 0.4) is 0 Å². The number of amides is 1. The minimum Gasteiger partial charge on any atom is -0.385 e. The van der Waals surface area contributed by atoms with Crippen LogP contribution < -0.4 is 0 Å². The Balaban J connectivity index is 2.07. The van der Waals surface area contributed by atoms with E-state index in [-0.39, 0.29) is 0 Å². The van der Waals surface area contributed by atoms with E-state index in [0.29, 0.717) is 11.8 Å². The van der Waals surface area contributed by atoms with Crippen molar-refractivity contribution in [3.8, 4) is 0 Å². The fourth-order valence-corrected chi connectivity index (χ4v) is 2.73.